The molecule has 3 unspecified atom stereocenters. The van der Waals surface area contributed by atoms with Crippen molar-refractivity contribution in [2.75, 3.05) is 19.1 Å². The SMILES string of the molecule is CNC(=O)c1csc(N/N=C/C(O)C(O)C(O)CO)n1. The van der Waals surface area contributed by atoms with Crippen LogP contribution in [0.25, 0.3) is 0 Å². The summed E-state index contributed by atoms with van der Waals surface area (Å²) in [7, 11) is 1.48. The fourth-order valence-electron chi connectivity index (χ4n) is 1.15. The van der Waals surface area contributed by atoms with Gasteiger partial charge in [-0.05, 0) is 0 Å². The fraction of sp³-hybridized carbons (Fsp3) is 0.500. The largest absolute Gasteiger partial charge is 0.394 e. The molecule has 1 rings (SSSR count). The molecule has 20 heavy (non-hydrogen) atoms. The van der Waals surface area contributed by atoms with Crippen LogP contribution in [0.4, 0.5) is 5.13 Å². The first-order valence-corrected chi connectivity index (χ1v) is 6.49. The van der Waals surface area contributed by atoms with Crippen LogP contribution in [0.2, 0.25) is 0 Å². The third-order valence-electron chi connectivity index (χ3n) is 2.28. The van der Waals surface area contributed by atoms with Crippen LogP contribution in [0.3, 0.4) is 0 Å². The summed E-state index contributed by atoms with van der Waals surface area (Å²) in [4.78, 5) is 15.2. The Morgan fingerprint density at radius 3 is 2.85 bits per heavy atom. The molecule has 1 aromatic heterocycles. The van der Waals surface area contributed by atoms with E-state index in [-0.39, 0.29) is 11.6 Å². The first-order chi connectivity index (χ1) is 9.49. The van der Waals surface area contributed by atoms with Crippen LogP contribution >= 0.6 is 11.3 Å². The molecule has 0 aromatic carbocycles. The van der Waals surface area contributed by atoms with Crippen LogP contribution in [-0.2, 0) is 0 Å². The lowest BCUT2D eigenvalue weighted by molar-refractivity contribution is -0.0541. The zero-order valence-electron chi connectivity index (χ0n) is 10.6. The number of nitrogens with one attached hydrogen (secondary N) is 2. The minimum Gasteiger partial charge on any atom is -0.394 e. The Morgan fingerprint density at radius 1 is 1.55 bits per heavy atom. The number of rotatable bonds is 7. The number of nitrogens with zero attached hydrogens (tertiary/aromatic N) is 2. The lowest BCUT2D eigenvalue weighted by atomic mass is 10.1. The number of aromatic nitrogens is 1. The molecule has 1 amide bonds. The molecule has 0 saturated heterocycles. The summed E-state index contributed by atoms with van der Waals surface area (Å²) in [5.41, 5.74) is 2.70. The van der Waals surface area contributed by atoms with Gasteiger partial charge in [0.1, 0.15) is 24.0 Å². The van der Waals surface area contributed by atoms with Gasteiger partial charge in [0.2, 0.25) is 5.13 Å². The van der Waals surface area contributed by atoms with Gasteiger partial charge in [0.05, 0.1) is 12.8 Å². The summed E-state index contributed by atoms with van der Waals surface area (Å²) in [5, 5.41) is 44.4. The van der Waals surface area contributed by atoms with Crippen LogP contribution in [-0.4, -0.2) is 69.5 Å². The van der Waals surface area contributed by atoms with E-state index in [0.717, 1.165) is 17.6 Å². The average molecular weight is 304 g/mol. The number of aliphatic hydroxyl groups is 4. The first kappa shape index (κ1) is 16.5. The van der Waals surface area contributed by atoms with E-state index in [1.165, 1.54) is 12.4 Å². The summed E-state index contributed by atoms with van der Waals surface area (Å²) in [5.74, 6) is -0.334. The minimum atomic E-state index is -1.55. The molecule has 0 aliphatic carbocycles. The predicted octanol–water partition coefficient (Wildman–Crippen LogP) is -2.02. The number of aliphatic hydroxyl groups excluding tert-OH is 4. The van der Waals surface area contributed by atoms with Gasteiger partial charge in [0.15, 0.2) is 0 Å². The lowest BCUT2D eigenvalue weighted by Crippen LogP contribution is -2.40. The van der Waals surface area contributed by atoms with Gasteiger partial charge in [0, 0.05) is 12.4 Å². The number of thiazole rings is 1. The molecule has 0 spiro atoms. The quantitative estimate of drug-likeness (QED) is 0.251. The molecule has 6 N–H and O–H groups in total. The number of amides is 1. The molecular formula is C10H16N4O5S. The highest BCUT2D eigenvalue weighted by Crippen LogP contribution is 2.14. The van der Waals surface area contributed by atoms with Crippen molar-refractivity contribution in [3.63, 3.8) is 0 Å². The van der Waals surface area contributed by atoms with Gasteiger partial charge in [-0.2, -0.15) is 5.10 Å². The Kier molecular flexibility index (Phi) is 6.48. The smallest absolute Gasteiger partial charge is 0.270 e. The fourth-order valence-corrected chi connectivity index (χ4v) is 1.79. The van der Waals surface area contributed by atoms with E-state index < -0.39 is 24.9 Å². The summed E-state index contributed by atoms with van der Waals surface area (Å²) >= 11 is 1.13. The van der Waals surface area contributed by atoms with E-state index in [4.69, 9.17) is 10.2 Å². The summed E-state index contributed by atoms with van der Waals surface area (Å²) in [6.45, 7) is -0.679. The average Bonchev–Trinajstić information content (AvgIpc) is 2.93. The maximum Gasteiger partial charge on any atom is 0.270 e. The lowest BCUT2D eigenvalue weighted by Gasteiger charge is -2.17. The van der Waals surface area contributed by atoms with Gasteiger partial charge in [-0.3, -0.25) is 10.2 Å². The second-order valence-corrected chi connectivity index (χ2v) is 4.60. The standard InChI is InChI=1S/C10H16N4O5S/c1-11-9(19)5-4-20-10(13-5)14-12-2-6(16)8(18)7(17)3-15/h2,4,6-8,15-18H,3H2,1H3,(H,11,19)(H,13,14)/b12-2+. The van der Waals surface area contributed by atoms with Crippen molar-refractivity contribution in [2.24, 2.45) is 5.10 Å². The van der Waals surface area contributed by atoms with Crippen LogP contribution < -0.4 is 10.7 Å². The second kappa shape index (κ2) is 7.87. The topological polar surface area (TPSA) is 147 Å². The number of hydrazone groups is 1. The third-order valence-corrected chi connectivity index (χ3v) is 3.03. The third kappa shape index (κ3) is 4.51. The molecule has 1 heterocycles. The normalized spacial score (nSPS) is 15.8. The van der Waals surface area contributed by atoms with Gasteiger partial charge in [0.25, 0.3) is 5.91 Å². The van der Waals surface area contributed by atoms with Gasteiger partial charge in [-0.15, -0.1) is 11.3 Å². The molecule has 1 aromatic rings. The Labute approximate surface area is 118 Å². The minimum absolute atomic E-state index is 0.228. The molecule has 0 aliphatic heterocycles. The van der Waals surface area contributed by atoms with Gasteiger partial charge < -0.3 is 25.7 Å². The van der Waals surface area contributed by atoms with Crippen LogP contribution in [0.1, 0.15) is 10.5 Å². The Bertz CT molecular complexity index is 466. The van der Waals surface area contributed by atoms with E-state index in [1.54, 1.807) is 0 Å². The molecule has 0 bridgehead atoms. The molecule has 3 atom stereocenters. The van der Waals surface area contributed by atoms with Crippen molar-refractivity contribution in [1.29, 1.82) is 0 Å². The van der Waals surface area contributed by atoms with Crippen molar-refractivity contribution in [3.8, 4) is 0 Å². The van der Waals surface area contributed by atoms with Gasteiger partial charge >= 0.3 is 0 Å². The van der Waals surface area contributed by atoms with Crippen LogP contribution in [0.5, 0.6) is 0 Å². The van der Waals surface area contributed by atoms with Gasteiger partial charge in [-0.1, -0.05) is 0 Å². The predicted molar refractivity (Wildman–Crippen MR) is 72.7 cm³/mol. The zero-order valence-corrected chi connectivity index (χ0v) is 11.4. The van der Waals surface area contributed by atoms with Gasteiger partial charge in [-0.25, -0.2) is 4.98 Å². The van der Waals surface area contributed by atoms with Crippen molar-refractivity contribution in [3.05, 3.63) is 11.1 Å². The number of hydrogen-bond acceptors (Lipinski definition) is 9. The maximum atomic E-state index is 11.2. The Hall–Kier alpha value is -1.59. The molecule has 10 heteroatoms. The monoisotopic (exact) mass is 304 g/mol. The number of hydrogen-bond donors (Lipinski definition) is 6. The first-order valence-electron chi connectivity index (χ1n) is 5.61. The van der Waals surface area contributed by atoms with Crippen molar-refractivity contribution < 1.29 is 25.2 Å². The highest BCUT2D eigenvalue weighted by molar-refractivity contribution is 7.13. The number of carbonyl (C=O) groups excluding carboxylic acids is 1. The number of carbonyl (C=O) groups is 1. The van der Waals surface area contributed by atoms with E-state index in [1.807, 2.05) is 0 Å². The molecule has 112 valence electrons. The van der Waals surface area contributed by atoms with Crippen molar-refractivity contribution >= 4 is 28.6 Å². The Morgan fingerprint density at radius 2 is 2.25 bits per heavy atom. The second-order valence-electron chi connectivity index (χ2n) is 3.74. The molecule has 0 aliphatic rings. The van der Waals surface area contributed by atoms with Crippen LogP contribution in [0, 0.1) is 0 Å². The summed E-state index contributed by atoms with van der Waals surface area (Å²) in [6, 6.07) is 0. The zero-order chi connectivity index (χ0) is 15.1. The van der Waals surface area contributed by atoms with Crippen molar-refractivity contribution in [2.45, 2.75) is 18.3 Å². The van der Waals surface area contributed by atoms with E-state index in [0.29, 0.717) is 5.13 Å². The van der Waals surface area contributed by atoms with E-state index in [9.17, 15) is 15.0 Å². The van der Waals surface area contributed by atoms with E-state index in [2.05, 4.69) is 20.8 Å². The molecule has 9 nitrogen and oxygen atoms in total. The molecule has 0 saturated carbocycles. The summed E-state index contributed by atoms with van der Waals surface area (Å²) in [6.07, 6.45) is -3.52. The molecule has 0 radical (unpaired) electrons. The highest BCUT2D eigenvalue weighted by Gasteiger charge is 2.22. The number of anilines is 1. The maximum absolute atomic E-state index is 11.2. The van der Waals surface area contributed by atoms with Crippen molar-refractivity contribution in [1.82, 2.24) is 10.3 Å². The highest BCUT2D eigenvalue weighted by atomic mass is 32.1. The Balaban J connectivity index is 2.52. The van der Waals surface area contributed by atoms with Crippen LogP contribution in [0.15, 0.2) is 10.5 Å². The van der Waals surface area contributed by atoms with E-state index >= 15 is 0 Å². The molecule has 0 fully saturated rings. The summed E-state index contributed by atoms with van der Waals surface area (Å²) < 4.78 is 0. The molecular weight excluding hydrogens is 288 g/mol.